The van der Waals surface area contributed by atoms with Crippen LogP contribution >= 0.6 is 0 Å². The highest BCUT2D eigenvalue weighted by Crippen LogP contribution is 2.03. The van der Waals surface area contributed by atoms with E-state index in [1.165, 1.54) is 12.7 Å². The van der Waals surface area contributed by atoms with Gasteiger partial charge in [-0.2, -0.15) is 0 Å². The van der Waals surface area contributed by atoms with Crippen LogP contribution in [0.15, 0.2) is 30.3 Å². The van der Waals surface area contributed by atoms with Gasteiger partial charge < -0.3 is 9.64 Å². The first-order valence-corrected chi connectivity index (χ1v) is 7.13. The van der Waals surface area contributed by atoms with Gasteiger partial charge >= 0.3 is 5.97 Å². The van der Waals surface area contributed by atoms with Crippen LogP contribution in [0.1, 0.15) is 18.9 Å². The molecule has 0 spiro atoms. The van der Waals surface area contributed by atoms with E-state index in [2.05, 4.69) is 4.74 Å². The van der Waals surface area contributed by atoms with E-state index < -0.39 is 0 Å². The Hall–Kier alpha value is -1.88. The van der Waals surface area contributed by atoms with Gasteiger partial charge in [0.1, 0.15) is 0 Å². The Kier molecular flexibility index (Phi) is 7.46. The van der Waals surface area contributed by atoms with Crippen molar-refractivity contribution in [2.45, 2.75) is 19.9 Å². The van der Waals surface area contributed by atoms with Gasteiger partial charge in [0.15, 0.2) is 0 Å². The Morgan fingerprint density at radius 1 is 1.19 bits per heavy atom. The van der Waals surface area contributed by atoms with Gasteiger partial charge in [0.2, 0.25) is 5.91 Å². The average Bonchev–Trinajstić information content (AvgIpc) is 2.48. The van der Waals surface area contributed by atoms with Crippen LogP contribution in [0, 0.1) is 0 Å². The first kappa shape index (κ1) is 17.2. The van der Waals surface area contributed by atoms with Crippen LogP contribution in [0.2, 0.25) is 0 Å². The predicted octanol–water partition coefficient (Wildman–Crippen LogP) is 1.53. The molecule has 0 heterocycles. The highest BCUT2D eigenvalue weighted by atomic mass is 16.5. The zero-order chi connectivity index (χ0) is 15.7. The molecule has 0 saturated carbocycles. The van der Waals surface area contributed by atoms with Crippen LogP contribution in [-0.4, -0.2) is 55.5 Å². The molecule has 0 aliphatic rings. The molecule has 0 radical (unpaired) electrons. The molecule has 0 fully saturated rings. The molecule has 0 aliphatic carbocycles. The lowest BCUT2D eigenvalue weighted by molar-refractivity contribution is -0.141. The molecule has 0 saturated heterocycles. The summed E-state index contributed by atoms with van der Waals surface area (Å²) < 4.78 is 4.60. The number of methoxy groups -OCH3 is 1. The number of hydrogen-bond acceptors (Lipinski definition) is 4. The van der Waals surface area contributed by atoms with E-state index >= 15 is 0 Å². The van der Waals surface area contributed by atoms with Crippen molar-refractivity contribution in [1.82, 2.24) is 9.80 Å². The first-order chi connectivity index (χ1) is 10.1. The number of likely N-dealkylation sites (N-methyl/N-ethyl adjacent to an activating group) is 2. The number of rotatable bonds is 8. The van der Waals surface area contributed by atoms with Gasteiger partial charge in [-0.3, -0.25) is 14.5 Å². The lowest BCUT2D eigenvalue weighted by atomic mass is 10.2. The molecule has 0 unspecified atom stereocenters. The molecule has 1 rings (SSSR count). The molecule has 0 aliphatic heterocycles. The van der Waals surface area contributed by atoms with Gasteiger partial charge in [-0.15, -0.1) is 0 Å². The summed E-state index contributed by atoms with van der Waals surface area (Å²) in [4.78, 5) is 27.0. The fourth-order valence-electron chi connectivity index (χ4n) is 2.07. The maximum Gasteiger partial charge on any atom is 0.307 e. The van der Waals surface area contributed by atoms with Gasteiger partial charge in [0.05, 0.1) is 20.1 Å². The predicted molar refractivity (Wildman–Crippen MR) is 81.7 cm³/mol. The van der Waals surface area contributed by atoms with Crippen LogP contribution in [0.4, 0.5) is 0 Å². The Balaban J connectivity index is 2.43. The summed E-state index contributed by atoms with van der Waals surface area (Å²) in [6, 6.07) is 10.0. The van der Waals surface area contributed by atoms with Crippen molar-refractivity contribution >= 4 is 11.9 Å². The zero-order valence-corrected chi connectivity index (χ0v) is 13.0. The van der Waals surface area contributed by atoms with Crippen molar-refractivity contribution in [1.29, 1.82) is 0 Å². The van der Waals surface area contributed by atoms with Crippen molar-refractivity contribution < 1.29 is 14.3 Å². The second kappa shape index (κ2) is 9.13. The monoisotopic (exact) mass is 292 g/mol. The number of ether oxygens (including phenoxy) is 1. The van der Waals surface area contributed by atoms with E-state index in [4.69, 9.17) is 0 Å². The summed E-state index contributed by atoms with van der Waals surface area (Å²) in [6.07, 6.45) is 0.235. The molecule has 5 nitrogen and oxygen atoms in total. The highest BCUT2D eigenvalue weighted by Gasteiger charge is 2.15. The minimum absolute atomic E-state index is 0.0276. The van der Waals surface area contributed by atoms with Crippen molar-refractivity contribution in [3.05, 3.63) is 35.9 Å². The highest BCUT2D eigenvalue weighted by molar-refractivity contribution is 5.79. The molecule has 0 aromatic heterocycles. The summed E-state index contributed by atoms with van der Waals surface area (Å²) >= 11 is 0. The molecule has 1 aromatic carbocycles. The third-order valence-electron chi connectivity index (χ3n) is 3.25. The summed E-state index contributed by atoms with van der Waals surface area (Å²) in [5, 5.41) is 0. The molecule has 0 atom stereocenters. The lowest BCUT2D eigenvalue weighted by Gasteiger charge is -2.24. The van der Waals surface area contributed by atoms with E-state index in [0.29, 0.717) is 19.6 Å². The number of amides is 1. The molecule has 116 valence electrons. The third-order valence-corrected chi connectivity index (χ3v) is 3.25. The number of carbonyl (C=O) groups is 2. The molecule has 0 N–H and O–H groups in total. The van der Waals surface area contributed by atoms with Crippen LogP contribution in [-0.2, 0) is 20.9 Å². The Bertz CT molecular complexity index is 448. The third kappa shape index (κ3) is 6.40. The van der Waals surface area contributed by atoms with Gasteiger partial charge in [-0.25, -0.2) is 0 Å². The van der Waals surface area contributed by atoms with E-state index in [0.717, 1.165) is 6.54 Å². The molecule has 1 aromatic rings. The molecular formula is C16H24N2O3. The number of nitrogens with zero attached hydrogens (tertiary/aromatic N) is 2. The maximum absolute atomic E-state index is 12.2. The Morgan fingerprint density at radius 2 is 1.86 bits per heavy atom. The second-order valence-corrected chi connectivity index (χ2v) is 4.96. The molecule has 5 heteroatoms. The number of carbonyl (C=O) groups excluding carboxylic acids is 2. The fourth-order valence-corrected chi connectivity index (χ4v) is 2.07. The standard InChI is InChI=1S/C16H24N2O3/c1-4-18(11-10-16(20)21-3)15(19)13-17(2)12-14-8-6-5-7-9-14/h5-9H,4,10-13H2,1-3H3. The number of esters is 1. The van der Waals surface area contributed by atoms with Crippen molar-refractivity contribution in [2.24, 2.45) is 0 Å². The number of benzene rings is 1. The summed E-state index contributed by atoms with van der Waals surface area (Å²) in [5.41, 5.74) is 1.17. The van der Waals surface area contributed by atoms with Gasteiger partial charge in [0, 0.05) is 19.6 Å². The van der Waals surface area contributed by atoms with Crippen molar-refractivity contribution in [3.8, 4) is 0 Å². The van der Waals surface area contributed by atoms with E-state index in [1.807, 2.05) is 49.2 Å². The van der Waals surface area contributed by atoms with E-state index in [1.54, 1.807) is 4.90 Å². The van der Waals surface area contributed by atoms with E-state index in [-0.39, 0.29) is 18.3 Å². The fraction of sp³-hybridized carbons (Fsp3) is 0.500. The van der Waals surface area contributed by atoms with Gasteiger partial charge in [-0.05, 0) is 19.5 Å². The summed E-state index contributed by atoms with van der Waals surface area (Å²) in [6.45, 7) is 3.97. The maximum atomic E-state index is 12.2. The zero-order valence-electron chi connectivity index (χ0n) is 13.0. The van der Waals surface area contributed by atoms with Crippen molar-refractivity contribution in [3.63, 3.8) is 0 Å². The quantitative estimate of drug-likeness (QED) is 0.682. The SMILES string of the molecule is CCN(CCC(=O)OC)C(=O)CN(C)Cc1ccccc1. The minimum Gasteiger partial charge on any atom is -0.469 e. The van der Waals surface area contributed by atoms with E-state index in [9.17, 15) is 9.59 Å². The summed E-state index contributed by atoms with van der Waals surface area (Å²) in [7, 11) is 3.27. The summed E-state index contributed by atoms with van der Waals surface area (Å²) in [5.74, 6) is -0.265. The van der Waals surface area contributed by atoms with Gasteiger partial charge in [0.25, 0.3) is 0 Å². The Labute approximate surface area is 126 Å². The normalized spacial score (nSPS) is 10.5. The topological polar surface area (TPSA) is 49.9 Å². The van der Waals surface area contributed by atoms with Crippen LogP contribution in [0.5, 0.6) is 0 Å². The largest absolute Gasteiger partial charge is 0.469 e. The second-order valence-electron chi connectivity index (χ2n) is 4.96. The Morgan fingerprint density at radius 3 is 2.43 bits per heavy atom. The van der Waals surface area contributed by atoms with Crippen LogP contribution in [0.3, 0.4) is 0 Å². The molecule has 21 heavy (non-hydrogen) atoms. The first-order valence-electron chi connectivity index (χ1n) is 7.13. The van der Waals surface area contributed by atoms with Gasteiger partial charge in [-0.1, -0.05) is 30.3 Å². The number of hydrogen-bond donors (Lipinski definition) is 0. The molecule has 0 bridgehead atoms. The molecule has 1 amide bonds. The average molecular weight is 292 g/mol. The van der Waals surface area contributed by atoms with Crippen molar-refractivity contribution in [2.75, 3.05) is 33.8 Å². The lowest BCUT2D eigenvalue weighted by Crippen LogP contribution is -2.39. The van der Waals surface area contributed by atoms with Crippen LogP contribution in [0.25, 0.3) is 0 Å². The smallest absolute Gasteiger partial charge is 0.307 e. The van der Waals surface area contributed by atoms with Crippen LogP contribution < -0.4 is 0 Å². The molecular weight excluding hydrogens is 268 g/mol. The minimum atomic E-state index is -0.293.